The summed E-state index contributed by atoms with van der Waals surface area (Å²) < 4.78 is 10.2. The van der Waals surface area contributed by atoms with Crippen molar-refractivity contribution in [2.75, 3.05) is 38.8 Å². The number of hydrogen-bond donors (Lipinski definition) is 1. The van der Waals surface area contributed by atoms with Gasteiger partial charge in [0.15, 0.2) is 0 Å². The van der Waals surface area contributed by atoms with Gasteiger partial charge < -0.3 is 19.7 Å². The van der Waals surface area contributed by atoms with Gasteiger partial charge in [0, 0.05) is 19.1 Å². The molecule has 1 aliphatic heterocycles. The van der Waals surface area contributed by atoms with E-state index in [9.17, 15) is 0 Å². The number of anilines is 1. The zero-order chi connectivity index (χ0) is 13.7. The Balaban J connectivity index is 2.25. The summed E-state index contributed by atoms with van der Waals surface area (Å²) in [5.74, 6) is 0.611. The average Bonchev–Trinajstić information content (AvgIpc) is 2.48. The van der Waals surface area contributed by atoms with E-state index in [0.717, 1.165) is 26.1 Å². The van der Waals surface area contributed by atoms with E-state index in [0.29, 0.717) is 12.0 Å². The zero-order valence-electron chi connectivity index (χ0n) is 11.7. The topological polar surface area (TPSA) is 72.4 Å². The Labute approximate surface area is 113 Å². The van der Waals surface area contributed by atoms with Crippen LogP contribution in [0.2, 0.25) is 0 Å². The second kappa shape index (κ2) is 6.51. The highest BCUT2D eigenvalue weighted by Gasteiger charge is 2.23. The first kappa shape index (κ1) is 13.8. The van der Waals surface area contributed by atoms with E-state index in [1.807, 2.05) is 0 Å². The van der Waals surface area contributed by atoms with E-state index in [1.165, 1.54) is 20.6 Å². The van der Waals surface area contributed by atoms with Crippen molar-refractivity contribution in [3.8, 4) is 12.0 Å². The van der Waals surface area contributed by atoms with Crippen molar-refractivity contribution in [1.29, 1.82) is 0 Å². The monoisotopic (exact) mass is 267 g/mol. The molecule has 1 saturated heterocycles. The lowest BCUT2D eigenvalue weighted by Crippen LogP contribution is -2.46. The van der Waals surface area contributed by atoms with E-state index in [4.69, 9.17) is 9.47 Å². The van der Waals surface area contributed by atoms with Crippen LogP contribution in [0.15, 0.2) is 0 Å². The summed E-state index contributed by atoms with van der Waals surface area (Å²) in [5.41, 5.74) is 0. The van der Waals surface area contributed by atoms with Crippen LogP contribution in [0.25, 0.3) is 0 Å². The predicted molar refractivity (Wildman–Crippen MR) is 71.8 cm³/mol. The normalized spacial score (nSPS) is 19.0. The molecule has 0 saturated carbocycles. The van der Waals surface area contributed by atoms with Crippen LogP contribution < -0.4 is 19.7 Å². The molecule has 0 radical (unpaired) electrons. The third-order valence-electron chi connectivity index (χ3n) is 3.26. The average molecular weight is 267 g/mol. The standard InChI is InChI=1S/C12H21N5O2/c1-4-17(9-6-5-7-13-8-9)10-14-11(18-2)16-12(15-10)19-3/h9,13H,4-8H2,1-3H3. The molecule has 1 aliphatic rings. The number of hydrogen-bond acceptors (Lipinski definition) is 7. The minimum Gasteiger partial charge on any atom is -0.467 e. The molecule has 2 rings (SSSR count). The highest BCUT2D eigenvalue weighted by atomic mass is 16.5. The Bertz CT molecular complexity index is 387. The number of methoxy groups -OCH3 is 2. The summed E-state index contributed by atoms with van der Waals surface area (Å²) in [6, 6.07) is 0.962. The number of ether oxygens (including phenoxy) is 2. The van der Waals surface area contributed by atoms with Crippen LogP contribution in [0.1, 0.15) is 19.8 Å². The molecule has 1 aromatic heterocycles. The van der Waals surface area contributed by atoms with Crippen molar-refractivity contribution in [3.05, 3.63) is 0 Å². The van der Waals surface area contributed by atoms with Crippen LogP contribution in [-0.2, 0) is 0 Å². The highest BCUT2D eigenvalue weighted by molar-refractivity contribution is 5.34. The molecule has 0 spiro atoms. The summed E-state index contributed by atoms with van der Waals surface area (Å²) in [6.07, 6.45) is 2.30. The Morgan fingerprint density at radius 3 is 2.37 bits per heavy atom. The number of likely N-dealkylation sites (N-methyl/N-ethyl adjacent to an activating group) is 1. The van der Waals surface area contributed by atoms with Gasteiger partial charge in [0.05, 0.1) is 14.2 Å². The fourth-order valence-electron chi connectivity index (χ4n) is 2.30. The number of nitrogens with zero attached hydrogens (tertiary/aromatic N) is 4. The molecular formula is C12H21N5O2. The Kier molecular flexibility index (Phi) is 4.73. The van der Waals surface area contributed by atoms with Crippen molar-refractivity contribution < 1.29 is 9.47 Å². The van der Waals surface area contributed by atoms with Gasteiger partial charge in [-0.25, -0.2) is 0 Å². The van der Waals surface area contributed by atoms with Crippen molar-refractivity contribution in [2.45, 2.75) is 25.8 Å². The SMILES string of the molecule is CCN(c1nc(OC)nc(OC)n1)C1CCCNC1. The van der Waals surface area contributed by atoms with Crippen LogP contribution in [0.3, 0.4) is 0 Å². The molecule has 106 valence electrons. The molecule has 19 heavy (non-hydrogen) atoms. The molecule has 1 atom stereocenters. The van der Waals surface area contributed by atoms with Crippen molar-refractivity contribution >= 4 is 5.95 Å². The van der Waals surface area contributed by atoms with Gasteiger partial charge in [0.2, 0.25) is 5.95 Å². The van der Waals surface area contributed by atoms with Gasteiger partial charge in [-0.15, -0.1) is 4.98 Å². The molecular weight excluding hydrogens is 246 g/mol. The summed E-state index contributed by atoms with van der Waals surface area (Å²) >= 11 is 0. The first-order valence-corrected chi connectivity index (χ1v) is 6.60. The van der Waals surface area contributed by atoms with E-state index in [-0.39, 0.29) is 12.0 Å². The quantitative estimate of drug-likeness (QED) is 0.831. The van der Waals surface area contributed by atoms with Crippen molar-refractivity contribution in [3.63, 3.8) is 0 Å². The van der Waals surface area contributed by atoms with Crippen LogP contribution in [0.4, 0.5) is 5.95 Å². The number of rotatable bonds is 5. The van der Waals surface area contributed by atoms with E-state index in [2.05, 4.69) is 32.1 Å². The van der Waals surface area contributed by atoms with Crippen LogP contribution in [-0.4, -0.2) is 54.8 Å². The predicted octanol–water partition coefficient (Wildman–Crippen LogP) is 0.467. The van der Waals surface area contributed by atoms with E-state index in [1.54, 1.807) is 0 Å². The maximum atomic E-state index is 5.09. The number of nitrogens with one attached hydrogen (secondary N) is 1. The second-order valence-corrected chi connectivity index (χ2v) is 4.39. The molecule has 7 nitrogen and oxygen atoms in total. The molecule has 0 aromatic carbocycles. The van der Waals surface area contributed by atoms with E-state index < -0.39 is 0 Å². The van der Waals surface area contributed by atoms with Gasteiger partial charge in [-0.3, -0.25) is 0 Å². The largest absolute Gasteiger partial charge is 0.467 e. The Morgan fingerprint density at radius 1 is 1.21 bits per heavy atom. The minimum atomic E-state index is 0.282. The first-order valence-electron chi connectivity index (χ1n) is 6.60. The lowest BCUT2D eigenvalue weighted by atomic mass is 10.1. The number of aromatic nitrogens is 3. The van der Waals surface area contributed by atoms with Gasteiger partial charge in [0.25, 0.3) is 0 Å². The molecule has 2 heterocycles. The molecule has 1 aromatic rings. The molecule has 7 heteroatoms. The minimum absolute atomic E-state index is 0.282. The lowest BCUT2D eigenvalue weighted by Gasteiger charge is -2.33. The van der Waals surface area contributed by atoms with Gasteiger partial charge >= 0.3 is 12.0 Å². The van der Waals surface area contributed by atoms with Gasteiger partial charge in [-0.05, 0) is 26.3 Å². The fraction of sp³-hybridized carbons (Fsp3) is 0.750. The first-order chi connectivity index (χ1) is 9.28. The third kappa shape index (κ3) is 3.23. The number of piperidine rings is 1. The van der Waals surface area contributed by atoms with Crippen molar-refractivity contribution in [2.24, 2.45) is 0 Å². The lowest BCUT2D eigenvalue weighted by molar-refractivity contribution is 0.337. The van der Waals surface area contributed by atoms with Gasteiger partial charge in [-0.2, -0.15) is 9.97 Å². The summed E-state index contributed by atoms with van der Waals surface area (Å²) in [5, 5.41) is 3.40. The maximum absolute atomic E-state index is 5.09. The zero-order valence-corrected chi connectivity index (χ0v) is 11.7. The fourth-order valence-corrected chi connectivity index (χ4v) is 2.30. The maximum Gasteiger partial charge on any atom is 0.324 e. The molecule has 0 aliphatic carbocycles. The molecule has 0 bridgehead atoms. The Morgan fingerprint density at radius 2 is 1.89 bits per heavy atom. The van der Waals surface area contributed by atoms with Crippen LogP contribution >= 0.6 is 0 Å². The smallest absolute Gasteiger partial charge is 0.324 e. The molecule has 0 amide bonds. The third-order valence-corrected chi connectivity index (χ3v) is 3.26. The van der Waals surface area contributed by atoms with Crippen LogP contribution in [0, 0.1) is 0 Å². The molecule has 1 N–H and O–H groups in total. The summed E-state index contributed by atoms with van der Waals surface area (Å²) in [6.45, 7) is 4.96. The molecule has 1 unspecified atom stereocenters. The van der Waals surface area contributed by atoms with Crippen LogP contribution in [0.5, 0.6) is 12.0 Å². The Hall–Kier alpha value is -1.63. The summed E-state index contributed by atoms with van der Waals surface area (Å²) in [4.78, 5) is 14.8. The summed E-state index contributed by atoms with van der Waals surface area (Å²) in [7, 11) is 3.08. The highest BCUT2D eigenvalue weighted by Crippen LogP contribution is 2.20. The van der Waals surface area contributed by atoms with Gasteiger partial charge in [0.1, 0.15) is 0 Å². The van der Waals surface area contributed by atoms with Gasteiger partial charge in [-0.1, -0.05) is 0 Å². The second-order valence-electron chi connectivity index (χ2n) is 4.39. The van der Waals surface area contributed by atoms with E-state index >= 15 is 0 Å². The van der Waals surface area contributed by atoms with Crippen molar-refractivity contribution in [1.82, 2.24) is 20.3 Å². The molecule has 1 fully saturated rings.